The molecule has 5 rings (SSSR count). The second-order valence-corrected chi connectivity index (χ2v) is 20.1. The fraction of sp³-hybridized carbons (Fsp3) is 0.731. The third kappa shape index (κ3) is 13.9. The third-order valence-corrected chi connectivity index (χ3v) is 14.9. The van der Waals surface area contributed by atoms with E-state index in [2.05, 4.69) is 0 Å². The maximum atomic E-state index is 14.5. The number of halogens is 3. The van der Waals surface area contributed by atoms with Gasteiger partial charge < -0.3 is 48.6 Å². The molecular weight excluding hydrogens is 904 g/mol. The number of Topliss-reactive ketones (excluding diaryl/α,β-unsaturated/α-hetero) is 2. The van der Waals surface area contributed by atoms with Gasteiger partial charge in [0.25, 0.3) is 11.7 Å². The molecule has 3 aliphatic heterocycles. The number of nitrogens with zero attached hydrogens (tertiary/aromatic N) is 1. The lowest BCUT2D eigenvalue weighted by molar-refractivity contribution is -0.302. The summed E-state index contributed by atoms with van der Waals surface area (Å²) in [6, 6.07) is 3.26. The van der Waals surface area contributed by atoms with Crippen LogP contribution in [-0.2, 0) is 53.8 Å². The Kier molecular flexibility index (Phi) is 20.2. The Morgan fingerprint density at radius 3 is 2.28 bits per heavy atom. The van der Waals surface area contributed by atoms with Gasteiger partial charge in [0, 0.05) is 52.0 Å². The van der Waals surface area contributed by atoms with Gasteiger partial charge in [0.1, 0.15) is 30.1 Å². The molecule has 0 spiro atoms. The minimum Gasteiger partial charge on any atom is -0.456 e. The van der Waals surface area contributed by atoms with Crippen LogP contribution in [0.1, 0.15) is 129 Å². The van der Waals surface area contributed by atoms with Crippen molar-refractivity contribution in [3.05, 3.63) is 58.7 Å². The highest BCUT2D eigenvalue weighted by Crippen LogP contribution is 2.40. The number of benzene rings is 1. The Bertz CT molecular complexity index is 1980. The molecular formula is C52H76F3NO13. The standard InChI is InChI=1S/C52H76F3NO13/c1-10-35-21-29(2)20-30(3)22-44(65-8)47-45(66-9)24-32(5)51(63,69-47)48(60)49(61)56-19-12-11-16-38(56)50(62)68-46(33(6)39(57)27-40(35)58)31(4)23-34-17-18-42(43(25-34)64-7)67-28-41(59)36-14-13-15-37(26-36)52(53,54)55/h13-15,21,23,26,30,32-35,38-39,41-47,57,59,63H,10-12,16-20,22,24-25,27-28H2,1-9H3. The van der Waals surface area contributed by atoms with Crippen LogP contribution in [0.3, 0.4) is 0 Å². The average molecular weight is 980 g/mol. The first kappa shape index (κ1) is 56.4. The maximum absolute atomic E-state index is 14.5. The molecule has 3 N–H and O–H groups in total. The van der Waals surface area contributed by atoms with Crippen LogP contribution in [0.15, 0.2) is 47.6 Å². The summed E-state index contributed by atoms with van der Waals surface area (Å²) < 4.78 is 76.2. The van der Waals surface area contributed by atoms with Crippen LogP contribution in [0.4, 0.5) is 13.2 Å². The molecule has 3 heterocycles. The summed E-state index contributed by atoms with van der Waals surface area (Å²) in [7, 11) is 4.54. The van der Waals surface area contributed by atoms with E-state index in [4.69, 9.17) is 28.4 Å². The minimum absolute atomic E-state index is 0.00935. The number of ether oxygens (including phenoxy) is 6. The Balaban J connectivity index is 1.43. The minimum atomic E-state index is -4.57. The number of methoxy groups -OCH3 is 3. The van der Waals surface area contributed by atoms with E-state index in [0.29, 0.717) is 56.9 Å². The number of carbonyl (C=O) groups is 4. The molecule has 1 amide bonds. The van der Waals surface area contributed by atoms with E-state index < -0.39 is 108 Å². The molecule has 17 heteroatoms. The predicted molar refractivity (Wildman–Crippen MR) is 248 cm³/mol. The second kappa shape index (κ2) is 24.7. The van der Waals surface area contributed by atoms with Gasteiger partial charge in [-0.1, -0.05) is 57.6 Å². The van der Waals surface area contributed by atoms with E-state index in [9.17, 15) is 47.7 Å². The molecule has 1 aliphatic carbocycles. The lowest BCUT2D eigenvalue weighted by atomic mass is 9.81. The number of allylic oxidation sites excluding steroid dienone is 3. The monoisotopic (exact) mass is 980 g/mol. The summed E-state index contributed by atoms with van der Waals surface area (Å²) in [5.74, 6) is -8.18. The maximum Gasteiger partial charge on any atom is 0.416 e. The second-order valence-electron chi connectivity index (χ2n) is 20.1. The quantitative estimate of drug-likeness (QED) is 0.121. The van der Waals surface area contributed by atoms with Crippen molar-refractivity contribution >= 4 is 23.4 Å². The van der Waals surface area contributed by atoms with E-state index in [1.807, 2.05) is 32.9 Å². The molecule has 0 radical (unpaired) electrons. The molecule has 15 unspecified atom stereocenters. The van der Waals surface area contributed by atoms with Gasteiger partial charge >= 0.3 is 12.1 Å². The molecule has 3 fully saturated rings. The number of aliphatic hydroxyl groups is 3. The number of hydrogen-bond acceptors (Lipinski definition) is 13. The Hall–Kier alpha value is -3.55. The summed E-state index contributed by atoms with van der Waals surface area (Å²) in [6.45, 7) is 10.7. The number of hydrogen-bond donors (Lipinski definition) is 3. The molecule has 15 atom stereocenters. The Morgan fingerprint density at radius 1 is 0.942 bits per heavy atom. The van der Waals surface area contributed by atoms with Crippen LogP contribution in [0.25, 0.3) is 0 Å². The van der Waals surface area contributed by atoms with Gasteiger partial charge in [-0.25, -0.2) is 4.79 Å². The average Bonchev–Trinajstić information content (AvgIpc) is 3.32. The zero-order chi connectivity index (χ0) is 51.0. The van der Waals surface area contributed by atoms with Gasteiger partial charge in [0.05, 0.1) is 42.7 Å². The fourth-order valence-electron chi connectivity index (χ4n) is 10.8. The van der Waals surface area contributed by atoms with Gasteiger partial charge in [-0.2, -0.15) is 13.2 Å². The molecule has 1 aromatic rings. The normalized spacial score (nSPS) is 35.9. The van der Waals surface area contributed by atoms with Crippen LogP contribution in [0.5, 0.6) is 0 Å². The fourth-order valence-corrected chi connectivity index (χ4v) is 10.8. The van der Waals surface area contributed by atoms with Crippen molar-refractivity contribution in [2.75, 3.05) is 34.5 Å². The number of rotatable bonds is 10. The number of aliphatic hydroxyl groups excluding tert-OH is 2. The Labute approximate surface area is 405 Å². The number of amides is 1. The molecule has 0 aromatic heterocycles. The van der Waals surface area contributed by atoms with Crippen LogP contribution >= 0.6 is 0 Å². The number of fused-ring (bicyclic) bond motifs is 3. The molecule has 14 nitrogen and oxygen atoms in total. The van der Waals surface area contributed by atoms with Gasteiger partial charge in [-0.3, -0.25) is 14.4 Å². The first-order valence-electron chi connectivity index (χ1n) is 24.6. The summed E-state index contributed by atoms with van der Waals surface area (Å²) in [5, 5.41) is 34.7. The highest BCUT2D eigenvalue weighted by molar-refractivity contribution is 6.39. The van der Waals surface area contributed by atoms with Gasteiger partial charge in [-0.15, -0.1) is 0 Å². The summed E-state index contributed by atoms with van der Waals surface area (Å²) in [6.07, 6.45) is -3.34. The van der Waals surface area contributed by atoms with Crippen molar-refractivity contribution in [3.8, 4) is 0 Å². The van der Waals surface area contributed by atoms with Crippen molar-refractivity contribution in [2.45, 2.75) is 179 Å². The molecule has 1 saturated carbocycles. The first-order chi connectivity index (χ1) is 32.6. The van der Waals surface area contributed by atoms with E-state index in [-0.39, 0.29) is 55.6 Å². The molecule has 1 aromatic carbocycles. The van der Waals surface area contributed by atoms with Crippen molar-refractivity contribution < 1.29 is 76.1 Å². The smallest absolute Gasteiger partial charge is 0.416 e. The molecule has 2 saturated heterocycles. The van der Waals surface area contributed by atoms with E-state index in [0.717, 1.165) is 22.6 Å². The zero-order valence-corrected chi connectivity index (χ0v) is 41.7. The predicted octanol–water partition coefficient (Wildman–Crippen LogP) is 7.25. The van der Waals surface area contributed by atoms with Crippen LogP contribution in [-0.4, -0.2) is 133 Å². The van der Waals surface area contributed by atoms with Crippen molar-refractivity contribution in [1.82, 2.24) is 4.90 Å². The molecule has 69 heavy (non-hydrogen) atoms. The highest BCUT2D eigenvalue weighted by atomic mass is 19.4. The summed E-state index contributed by atoms with van der Waals surface area (Å²) in [4.78, 5) is 58.3. The summed E-state index contributed by atoms with van der Waals surface area (Å²) >= 11 is 0. The number of carbonyl (C=O) groups excluding carboxylic acids is 4. The summed E-state index contributed by atoms with van der Waals surface area (Å²) in [5.41, 5.74) is 0.727. The Morgan fingerprint density at radius 2 is 1.62 bits per heavy atom. The lowest BCUT2D eigenvalue weighted by Gasteiger charge is -2.47. The van der Waals surface area contributed by atoms with E-state index >= 15 is 0 Å². The SMILES string of the molecule is CCC1C=C(C)CC(C)CC(OC)C2OC(O)(C(=O)C(=O)N3CCCCC3C(=O)OC(C(C)=CC3CCC(OCC(O)c4cccc(C(F)(F)F)c4)C(OC)C3)C(C)C(O)CC1=O)C(C)CC2OC. The van der Waals surface area contributed by atoms with Crippen LogP contribution in [0, 0.1) is 29.6 Å². The van der Waals surface area contributed by atoms with E-state index in [1.165, 1.54) is 33.5 Å². The number of esters is 1. The topological polar surface area (TPSA) is 188 Å². The molecule has 4 aliphatic rings. The van der Waals surface area contributed by atoms with Crippen molar-refractivity contribution in [2.24, 2.45) is 29.6 Å². The number of ketones is 2. The van der Waals surface area contributed by atoms with Crippen molar-refractivity contribution in [3.63, 3.8) is 0 Å². The highest BCUT2D eigenvalue weighted by Gasteiger charge is 2.56. The molecule has 2 bridgehead atoms. The molecule has 388 valence electrons. The van der Waals surface area contributed by atoms with Crippen LogP contribution < -0.4 is 0 Å². The number of alkyl halides is 3. The van der Waals surface area contributed by atoms with Gasteiger partial charge in [-0.05, 0) is 113 Å². The van der Waals surface area contributed by atoms with Crippen molar-refractivity contribution in [1.29, 1.82) is 0 Å². The lowest BCUT2D eigenvalue weighted by Crippen LogP contribution is -2.64. The zero-order valence-electron chi connectivity index (χ0n) is 41.7. The third-order valence-electron chi connectivity index (χ3n) is 14.9. The number of cyclic esters (lactones) is 1. The van der Waals surface area contributed by atoms with Gasteiger partial charge in [0.2, 0.25) is 5.79 Å². The number of piperidine rings is 1. The van der Waals surface area contributed by atoms with E-state index in [1.54, 1.807) is 20.8 Å². The van der Waals surface area contributed by atoms with Gasteiger partial charge in [0.15, 0.2) is 0 Å². The first-order valence-corrected chi connectivity index (χ1v) is 24.6. The largest absolute Gasteiger partial charge is 0.456 e. The van der Waals surface area contributed by atoms with Crippen LogP contribution in [0.2, 0.25) is 0 Å².